The number of nitrogens with two attached hydrogens (primary N) is 1. The molecule has 0 aliphatic heterocycles. The lowest BCUT2D eigenvalue weighted by atomic mass is 10.1. The lowest BCUT2D eigenvalue weighted by molar-refractivity contribution is 0.237. The quantitative estimate of drug-likeness (QED) is 0.629. The van der Waals surface area contributed by atoms with Crippen molar-refractivity contribution in [2.45, 2.75) is 31.2 Å². The number of carbonyl (C=O) groups excluding carboxylic acids is 1. The standard InChI is InChI=1S/C13H18N4O3S/c1-13(2,3)16-12(18)17-21(19,20)11-7-15-10-5-4-8(14)6-9(10)11/h4-7,15H,14H2,1-3H3,(H2,16,17,18). The number of aromatic nitrogens is 1. The third kappa shape index (κ3) is 3.46. The molecule has 0 saturated heterocycles. The second kappa shape index (κ2) is 4.96. The molecule has 0 saturated carbocycles. The number of hydrogen-bond acceptors (Lipinski definition) is 4. The number of fused-ring (bicyclic) bond motifs is 1. The summed E-state index contributed by atoms with van der Waals surface area (Å²) in [6.45, 7) is 5.27. The summed E-state index contributed by atoms with van der Waals surface area (Å²) < 4.78 is 26.6. The minimum absolute atomic E-state index is 0.0196. The van der Waals surface area contributed by atoms with Gasteiger partial charge in [-0.1, -0.05) is 0 Å². The number of benzene rings is 1. The van der Waals surface area contributed by atoms with Crippen LogP contribution in [0.3, 0.4) is 0 Å². The molecule has 5 N–H and O–H groups in total. The van der Waals surface area contributed by atoms with Crippen molar-refractivity contribution in [2.75, 3.05) is 5.73 Å². The zero-order valence-corrected chi connectivity index (χ0v) is 12.8. The highest BCUT2D eigenvalue weighted by molar-refractivity contribution is 7.90. The number of amides is 2. The van der Waals surface area contributed by atoms with Crippen LogP contribution in [0.15, 0.2) is 29.3 Å². The second-order valence-corrected chi connectivity index (χ2v) is 7.42. The van der Waals surface area contributed by atoms with Crippen LogP contribution in [0.5, 0.6) is 0 Å². The van der Waals surface area contributed by atoms with Gasteiger partial charge in [0.1, 0.15) is 4.90 Å². The summed E-state index contributed by atoms with van der Waals surface area (Å²) in [5.74, 6) is 0. The van der Waals surface area contributed by atoms with E-state index in [0.29, 0.717) is 16.6 Å². The molecule has 0 radical (unpaired) electrons. The zero-order chi connectivity index (χ0) is 15.8. The Bertz CT molecular complexity index is 787. The van der Waals surface area contributed by atoms with Gasteiger partial charge in [-0.25, -0.2) is 17.9 Å². The van der Waals surface area contributed by atoms with Crippen molar-refractivity contribution >= 4 is 32.6 Å². The maximum absolute atomic E-state index is 12.3. The molecule has 2 amide bonds. The van der Waals surface area contributed by atoms with Gasteiger partial charge in [-0.05, 0) is 39.0 Å². The highest BCUT2D eigenvalue weighted by atomic mass is 32.2. The van der Waals surface area contributed by atoms with Gasteiger partial charge in [-0.3, -0.25) is 0 Å². The van der Waals surface area contributed by atoms with E-state index in [1.165, 1.54) is 6.20 Å². The summed E-state index contributed by atoms with van der Waals surface area (Å²) in [6.07, 6.45) is 1.33. The Kier molecular flexibility index (Phi) is 3.58. The molecule has 0 bridgehead atoms. The molecule has 8 heteroatoms. The van der Waals surface area contributed by atoms with E-state index in [2.05, 4.69) is 10.3 Å². The molecule has 0 unspecified atom stereocenters. The first-order chi connectivity index (χ1) is 9.58. The van der Waals surface area contributed by atoms with Crippen LogP contribution in [-0.2, 0) is 10.0 Å². The van der Waals surface area contributed by atoms with Gasteiger partial charge in [0.25, 0.3) is 10.0 Å². The second-order valence-electron chi connectivity index (χ2n) is 5.77. The van der Waals surface area contributed by atoms with Crippen molar-refractivity contribution in [3.05, 3.63) is 24.4 Å². The number of urea groups is 1. The van der Waals surface area contributed by atoms with E-state index >= 15 is 0 Å². The van der Waals surface area contributed by atoms with Gasteiger partial charge in [-0.2, -0.15) is 0 Å². The molecule has 0 aliphatic rings. The van der Waals surface area contributed by atoms with E-state index < -0.39 is 21.6 Å². The number of nitrogen functional groups attached to an aromatic ring is 1. The predicted molar refractivity (Wildman–Crippen MR) is 81.3 cm³/mol. The lowest BCUT2D eigenvalue weighted by Gasteiger charge is -2.20. The summed E-state index contributed by atoms with van der Waals surface area (Å²) in [6, 6.07) is 4.11. The fourth-order valence-corrected chi connectivity index (χ4v) is 2.96. The summed E-state index contributed by atoms with van der Waals surface area (Å²) in [5.41, 5.74) is 6.20. The Balaban J connectivity index is 2.34. The molecule has 21 heavy (non-hydrogen) atoms. The third-order valence-corrected chi connectivity index (χ3v) is 4.04. The maximum Gasteiger partial charge on any atom is 0.329 e. The van der Waals surface area contributed by atoms with Crippen LogP contribution in [0.25, 0.3) is 10.9 Å². The number of rotatable bonds is 2. The first-order valence-electron chi connectivity index (χ1n) is 6.30. The third-order valence-electron chi connectivity index (χ3n) is 2.67. The van der Waals surface area contributed by atoms with E-state index in [0.717, 1.165) is 0 Å². The highest BCUT2D eigenvalue weighted by Gasteiger charge is 2.23. The van der Waals surface area contributed by atoms with Crippen molar-refractivity contribution in [3.8, 4) is 0 Å². The molecule has 7 nitrogen and oxygen atoms in total. The molecule has 0 aliphatic carbocycles. The fraction of sp³-hybridized carbons (Fsp3) is 0.308. The van der Waals surface area contributed by atoms with Gasteiger partial charge in [0.05, 0.1) is 0 Å². The van der Waals surface area contributed by atoms with Crippen molar-refractivity contribution in [1.29, 1.82) is 0 Å². The van der Waals surface area contributed by atoms with E-state index in [1.807, 2.05) is 4.72 Å². The molecule has 0 spiro atoms. The normalized spacial score (nSPS) is 12.3. The first kappa shape index (κ1) is 15.2. The van der Waals surface area contributed by atoms with Crippen LogP contribution in [0.4, 0.5) is 10.5 Å². The largest absolute Gasteiger partial charge is 0.399 e. The average Bonchev–Trinajstić information content (AvgIpc) is 2.68. The van der Waals surface area contributed by atoms with Crippen molar-refractivity contribution < 1.29 is 13.2 Å². The van der Waals surface area contributed by atoms with Gasteiger partial charge in [-0.15, -0.1) is 0 Å². The Hall–Kier alpha value is -2.22. The SMILES string of the molecule is CC(C)(C)NC(=O)NS(=O)(=O)c1c[nH]c2ccc(N)cc12. The predicted octanol–water partition coefficient (Wildman–Crippen LogP) is 1.54. The highest BCUT2D eigenvalue weighted by Crippen LogP contribution is 2.24. The monoisotopic (exact) mass is 310 g/mol. The number of aromatic amines is 1. The summed E-state index contributed by atoms with van der Waals surface area (Å²) in [7, 11) is -3.98. The van der Waals surface area contributed by atoms with Crippen LogP contribution in [0.1, 0.15) is 20.8 Å². The maximum atomic E-state index is 12.3. The fourth-order valence-electron chi connectivity index (χ4n) is 1.88. The van der Waals surface area contributed by atoms with E-state index in [-0.39, 0.29) is 4.90 Å². The summed E-state index contributed by atoms with van der Waals surface area (Å²) >= 11 is 0. The lowest BCUT2D eigenvalue weighted by Crippen LogP contribution is -2.48. The number of hydrogen-bond donors (Lipinski definition) is 4. The number of H-pyrrole nitrogens is 1. The van der Waals surface area contributed by atoms with Crippen LogP contribution in [0, 0.1) is 0 Å². The van der Waals surface area contributed by atoms with Crippen LogP contribution in [0.2, 0.25) is 0 Å². The number of carbonyl (C=O) groups is 1. The molecule has 0 atom stereocenters. The van der Waals surface area contributed by atoms with Crippen molar-refractivity contribution in [2.24, 2.45) is 0 Å². The molecule has 1 aromatic carbocycles. The summed E-state index contributed by atoms with van der Waals surface area (Å²) in [5, 5.41) is 2.97. The van der Waals surface area contributed by atoms with Crippen molar-refractivity contribution in [3.63, 3.8) is 0 Å². The van der Waals surface area contributed by atoms with Gasteiger partial charge in [0, 0.05) is 28.3 Å². The number of nitrogens with one attached hydrogen (secondary N) is 3. The molecule has 2 aromatic rings. The first-order valence-corrected chi connectivity index (χ1v) is 7.78. The van der Waals surface area contributed by atoms with E-state index in [1.54, 1.807) is 39.0 Å². The Morgan fingerprint density at radius 2 is 1.95 bits per heavy atom. The molecule has 114 valence electrons. The Morgan fingerprint density at radius 3 is 2.57 bits per heavy atom. The molecule has 2 rings (SSSR count). The van der Waals surface area contributed by atoms with Gasteiger partial charge < -0.3 is 16.0 Å². The topological polar surface area (TPSA) is 117 Å². The van der Waals surface area contributed by atoms with Gasteiger partial charge in [0.2, 0.25) is 0 Å². The van der Waals surface area contributed by atoms with Gasteiger partial charge in [0.15, 0.2) is 0 Å². The minimum Gasteiger partial charge on any atom is -0.399 e. The van der Waals surface area contributed by atoms with Crippen molar-refractivity contribution in [1.82, 2.24) is 15.0 Å². The number of anilines is 1. The molecular weight excluding hydrogens is 292 g/mol. The van der Waals surface area contributed by atoms with Crippen LogP contribution in [-0.4, -0.2) is 25.0 Å². The zero-order valence-electron chi connectivity index (χ0n) is 12.0. The smallest absolute Gasteiger partial charge is 0.329 e. The minimum atomic E-state index is -3.98. The number of sulfonamides is 1. The molecule has 1 aromatic heterocycles. The van der Waals surface area contributed by atoms with E-state index in [4.69, 9.17) is 5.73 Å². The summed E-state index contributed by atoms with van der Waals surface area (Å²) in [4.78, 5) is 14.6. The Labute approximate surface area is 123 Å². The van der Waals surface area contributed by atoms with Crippen LogP contribution >= 0.6 is 0 Å². The van der Waals surface area contributed by atoms with Gasteiger partial charge >= 0.3 is 6.03 Å². The molecule has 1 heterocycles. The Morgan fingerprint density at radius 1 is 1.29 bits per heavy atom. The average molecular weight is 310 g/mol. The molecule has 0 fully saturated rings. The van der Waals surface area contributed by atoms with Crippen LogP contribution < -0.4 is 15.8 Å². The van der Waals surface area contributed by atoms with E-state index in [9.17, 15) is 13.2 Å². The molecular formula is C13H18N4O3S.